The Morgan fingerprint density at radius 2 is 1.55 bits per heavy atom. The van der Waals surface area contributed by atoms with Gasteiger partial charge in [0.1, 0.15) is 17.4 Å². The molecule has 0 bridgehead atoms. The topological polar surface area (TPSA) is 70.7 Å². The Balaban J connectivity index is 1.50. The smallest absolute Gasteiger partial charge is 0.255 e. The highest BCUT2D eigenvalue weighted by Crippen LogP contribution is 2.17. The number of anilines is 2. The van der Waals surface area contributed by atoms with E-state index in [2.05, 4.69) is 10.6 Å². The van der Waals surface area contributed by atoms with Crippen LogP contribution in [0.1, 0.15) is 22.8 Å². The summed E-state index contributed by atoms with van der Waals surface area (Å²) in [6.07, 6.45) is 0. The predicted octanol–water partition coefficient (Wildman–Crippen LogP) is 4.69. The molecular formula is C25H25F2N3O3. The molecule has 0 aliphatic carbocycles. The fraction of sp³-hybridized carbons (Fsp3) is 0.200. The number of likely N-dealkylation sites (N-methyl/N-ethyl adjacent to an activating group) is 1. The number of benzene rings is 3. The van der Waals surface area contributed by atoms with Gasteiger partial charge in [-0.2, -0.15) is 0 Å². The van der Waals surface area contributed by atoms with Gasteiger partial charge in [-0.05, 0) is 68.6 Å². The van der Waals surface area contributed by atoms with Gasteiger partial charge in [0.2, 0.25) is 5.91 Å². The van der Waals surface area contributed by atoms with Crippen LogP contribution in [0, 0.1) is 11.6 Å². The van der Waals surface area contributed by atoms with E-state index in [4.69, 9.17) is 4.74 Å². The van der Waals surface area contributed by atoms with Crippen LogP contribution in [-0.2, 0) is 11.3 Å². The minimum absolute atomic E-state index is 0.0107. The molecule has 0 atom stereocenters. The van der Waals surface area contributed by atoms with Crippen LogP contribution in [-0.4, -0.2) is 36.9 Å². The summed E-state index contributed by atoms with van der Waals surface area (Å²) >= 11 is 0. The second kappa shape index (κ2) is 11.2. The van der Waals surface area contributed by atoms with Crippen molar-refractivity contribution < 1.29 is 23.1 Å². The van der Waals surface area contributed by atoms with E-state index in [1.54, 1.807) is 60.5 Å². The quantitative estimate of drug-likeness (QED) is 0.493. The van der Waals surface area contributed by atoms with Crippen LogP contribution in [0.5, 0.6) is 5.75 Å². The molecule has 0 saturated heterocycles. The van der Waals surface area contributed by atoms with Crippen LogP contribution in [0.25, 0.3) is 0 Å². The summed E-state index contributed by atoms with van der Waals surface area (Å²) in [6, 6.07) is 16.9. The zero-order valence-corrected chi connectivity index (χ0v) is 18.4. The van der Waals surface area contributed by atoms with Crippen molar-refractivity contribution in [2.75, 3.05) is 30.8 Å². The molecule has 0 aromatic heterocycles. The molecule has 2 N–H and O–H groups in total. The minimum atomic E-state index is -0.652. The lowest BCUT2D eigenvalue weighted by molar-refractivity contribution is -0.117. The first-order valence-corrected chi connectivity index (χ1v) is 10.4. The van der Waals surface area contributed by atoms with Crippen molar-refractivity contribution in [1.29, 1.82) is 0 Å². The van der Waals surface area contributed by atoms with E-state index in [9.17, 15) is 18.4 Å². The number of carbonyl (C=O) groups excluding carboxylic acids is 2. The van der Waals surface area contributed by atoms with E-state index in [0.717, 1.165) is 11.8 Å². The van der Waals surface area contributed by atoms with Crippen molar-refractivity contribution in [3.63, 3.8) is 0 Å². The number of carbonyl (C=O) groups is 2. The van der Waals surface area contributed by atoms with Crippen LogP contribution in [0.3, 0.4) is 0 Å². The Kier molecular flexibility index (Phi) is 8.10. The van der Waals surface area contributed by atoms with Crippen LogP contribution in [0.2, 0.25) is 0 Å². The maximum atomic E-state index is 13.8. The average molecular weight is 453 g/mol. The first kappa shape index (κ1) is 23.9. The monoisotopic (exact) mass is 453 g/mol. The summed E-state index contributed by atoms with van der Waals surface area (Å²) in [4.78, 5) is 26.3. The van der Waals surface area contributed by atoms with E-state index in [0.29, 0.717) is 29.1 Å². The Labute approximate surface area is 191 Å². The first-order valence-electron chi connectivity index (χ1n) is 10.4. The third-order valence-electron chi connectivity index (χ3n) is 4.72. The molecule has 6 nitrogen and oxygen atoms in total. The molecule has 33 heavy (non-hydrogen) atoms. The summed E-state index contributed by atoms with van der Waals surface area (Å²) in [5.74, 6) is -1.15. The molecule has 0 aliphatic rings. The number of amides is 2. The number of hydrogen-bond donors (Lipinski definition) is 2. The van der Waals surface area contributed by atoms with Crippen molar-refractivity contribution in [3.05, 3.63) is 89.5 Å². The molecule has 0 radical (unpaired) electrons. The van der Waals surface area contributed by atoms with Crippen LogP contribution >= 0.6 is 0 Å². The fourth-order valence-corrected chi connectivity index (χ4v) is 3.15. The van der Waals surface area contributed by atoms with Gasteiger partial charge in [0.25, 0.3) is 5.91 Å². The van der Waals surface area contributed by atoms with Gasteiger partial charge in [0, 0.05) is 35.1 Å². The third kappa shape index (κ3) is 7.11. The number of nitrogens with one attached hydrogen (secondary N) is 2. The Morgan fingerprint density at radius 1 is 0.909 bits per heavy atom. The van der Waals surface area contributed by atoms with Gasteiger partial charge in [0.05, 0.1) is 13.2 Å². The van der Waals surface area contributed by atoms with Crippen molar-refractivity contribution in [3.8, 4) is 5.75 Å². The van der Waals surface area contributed by atoms with Crippen LogP contribution in [0.15, 0.2) is 66.7 Å². The van der Waals surface area contributed by atoms with E-state index in [1.165, 1.54) is 12.1 Å². The number of ether oxygens (including phenoxy) is 1. The predicted molar refractivity (Wildman–Crippen MR) is 123 cm³/mol. The van der Waals surface area contributed by atoms with Crippen molar-refractivity contribution >= 4 is 23.2 Å². The lowest BCUT2D eigenvalue weighted by Crippen LogP contribution is -2.30. The standard InChI is InChI=1S/C25H25F2N3O3/c1-3-33-22-12-10-21(11-13-22)29-25(32)17-5-8-20(9-6-17)28-24(31)16-30(2)15-18-4-7-19(26)14-23(18)27/h4-14H,3,15-16H2,1-2H3,(H,28,31)(H,29,32). The summed E-state index contributed by atoms with van der Waals surface area (Å²) < 4.78 is 32.2. The number of rotatable bonds is 9. The summed E-state index contributed by atoms with van der Waals surface area (Å²) in [5.41, 5.74) is 1.90. The van der Waals surface area contributed by atoms with Gasteiger partial charge >= 0.3 is 0 Å². The van der Waals surface area contributed by atoms with E-state index in [1.807, 2.05) is 6.92 Å². The van der Waals surface area contributed by atoms with Gasteiger partial charge in [-0.3, -0.25) is 14.5 Å². The molecule has 3 aromatic carbocycles. The Bertz CT molecular complexity index is 1100. The van der Waals surface area contributed by atoms with Gasteiger partial charge in [-0.25, -0.2) is 8.78 Å². The van der Waals surface area contributed by atoms with Crippen LogP contribution < -0.4 is 15.4 Å². The van der Waals surface area contributed by atoms with Gasteiger partial charge in [0.15, 0.2) is 0 Å². The molecule has 0 saturated carbocycles. The molecule has 3 aromatic rings. The molecule has 172 valence electrons. The van der Waals surface area contributed by atoms with Crippen molar-refractivity contribution in [1.82, 2.24) is 4.90 Å². The molecular weight excluding hydrogens is 428 g/mol. The Hall–Kier alpha value is -3.78. The summed E-state index contributed by atoms with van der Waals surface area (Å²) in [7, 11) is 1.66. The molecule has 0 unspecified atom stereocenters. The van der Waals surface area contributed by atoms with Crippen LogP contribution in [0.4, 0.5) is 20.2 Å². The maximum Gasteiger partial charge on any atom is 0.255 e. The third-order valence-corrected chi connectivity index (χ3v) is 4.72. The highest BCUT2D eigenvalue weighted by Gasteiger charge is 2.12. The normalized spacial score (nSPS) is 10.7. The maximum absolute atomic E-state index is 13.8. The zero-order chi connectivity index (χ0) is 23.8. The van der Waals surface area contributed by atoms with Crippen molar-refractivity contribution in [2.45, 2.75) is 13.5 Å². The Morgan fingerprint density at radius 3 is 2.18 bits per heavy atom. The zero-order valence-electron chi connectivity index (χ0n) is 18.4. The largest absolute Gasteiger partial charge is 0.494 e. The molecule has 0 fully saturated rings. The van der Waals surface area contributed by atoms with Gasteiger partial charge in [-0.15, -0.1) is 0 Å². The molecule has 0 heterocycles. The highest BCUT2D eigenvalue weighted by molar-refractivity contribution is 6.04. The lowest BCUT2D eigenvalue weighted by Gasteiger charge is -2.17. The lowest BCUT2D eigenvalue weighted by atomic mass is 10.2. The summed E-state index contributed by atoms with van der Waals surface area (Å²) in [5, 5.41) is 5.54. The molecule has 2 amide bonds. The molecule has 0 spiro atoms. The fourth-order valence-electron chi connectivity index (χ4n) is 3.15. The van der Waals surface area contributed by atoms with Crippen molar-refractivity contribution in [2.24, 2.45) is 0 Å². The SMILES string of the molecule is CCOc1ccc(NC(=O)c2ccc(NC(=O)CN(C)Cc3ccc(F)cc3F)cc2)cc1. The van der Waals surface area contributed by atoms with Gasteiger partial charge in [-0.1, -0.05) is 6.07 Å². The van der Waals surface area contributed by atoms with E-state index in [-0.39, 0.29) is 24.9 Å². The van der Waals surface area contributed by atoms with E-state index < -0.39 is 11.6 Å². The number of halogens is 2. The summed E-state index contributed by atoms with van der Waals surface area (Å²) in [6.45, 7) is 2.63. The second-order valence-corrected chi connectivity index (χ2v) is 7.45. The molecule has 0 aliphatic heterocycles. The van der Waals surface area contributed by atoms with Gasteiger partial charge < -0.3 is 15.4 Å². The van der Waals surface area contributed by atoms with E-state index >= 15 is 0 Å². The minimum Gasteiger partial charge on any atom is -0.494 e. The highest BCUT2D eigenvalue weighted by atomic mass is 19.1. The average Bonchev–Trinajstić information content (AvgIpc) is 2.77. The molecule has 3 rings (SSSR count). The number of hydrogen-bond acceptors (Lipinski definition) is 4. The first-order chi connectivity index (χ1) is 15.8. The molecule has 8 heteroatoms. The number of nitrogens with zero attached hydrogens (tertiary/aromatic N) is 1. The second-order valence-electron chi connectivity index (χ2n) is 7.45.